The maximum Gasteiger partial charge on any atom is 0.310 e. The number of carboxylic acids is 1. The Balaban J connectivity index is 2.31. The van der Waals surface area contributed by atoms with E-state index in [1.54, 1.807) is 13.8 Å². The van der Waals surface area contributed by atoms with Crippen molar-refractivity contribution in [2.75, 3.05) is 6.54 Å². The van der Waals surface area contributed by atoms with Crippen molar-refractivity contribution in [2.24, 2.45) is 5.41 Å². The van der Waals surface area contributed by atoms with E-state index in [9.17, 15) is 4.79 Å². The van der Waals surface area contributed by atoms with Gasteiger partial charge in [0.2, 0.25) is 0 Å². The minimum Gasteiger partial charge on any atom is -0.481 e. The molecule has 0 fully saturated rings. The van der Waals surface area contributed by atoms with Gasteiger partial charge in [-0.1, -0.05) is 0 Å². The molecule has 0 saturated heterocycles. The van der Waals surface area contributed by atoms with Gasteiger partial charge < -0.3 is 15.4 Å². The molecule has 4 heteroatoms. The first-order chi connectivity index (χ1) is 6.52. The van der Waals surface area contributed by atoms with Crippen LogP contribution in [0.3, 0.4) is 0 Å². The Bertz CT molecular complexity index is 291. The minimum absolute atomic E-state index is 0.460. The molecule has 0 bridgehead atoms. The second-order valence-corrected chi connectivity index (χ2v) is 3.99. The van der Waals surface area contributed by atoms with Gasteiger partial charge in [0.25, 0.3) is 0 Å². The Morgan fingerprint density at radius 2 is 2.36 bits per heavy atom. The van der Waals surface area contributed by atoms with Gasteiger partial charge in [0.1, 0.15) is 0 Å². The molecule has 0 saturated carbocycles. The lowest BCUT2D eigenvalue weighted by Gasteiger charge is -2.19. The molecule has 1 aromatic rings. The first kappa shape index (κ1) is 10.8. The molecular formula is C10H16N2O2. The van der Waals surface area contributed by atoms with Gasteiger partial charge in [0.05, 0.1) is 5.41 Å². The normalized spacial score (nSPS) is 11.6. The Morgan fingerprint density at radius 3 is 2.86 bits per heavy atom. The molecule has 1 heterocycles. The van der Waals surface area contributed by atoms with Crippen molar-refractivity contribution in [2.45, 2.75) is 20.4 Å². The summed E-state index contributed by atoms with van der Waals surface area (Å²) in [5.41, 5.74) is 0.346. The molecule has 0 aromatic carbocycles. The highest BCUT2D eigenvalue weighted by Crippen LogP contribution is 2.13. The van der Waals surface area contributed by atoms with Gasteiger partial charge in [0, 0.05) is 25.0 Å². The van der Waals surface area contributed by atoms with Crippen LogP contribution in [-0.4, -0.2) is 22.6 Å². The predicted molar refractivity (Wildman–Crippen MR) is 53.9 cm³/mol. The van der Waals surface area contributed by atoms with Crippen molar-refractivity contribution in [3.63, 3.8) is 0 Å². The lowest BCUT2D eigenvalue weighted by Crippen LogP contribution is -2.35. The fraction of sp³-hybridized carbons (Fsp3) is 0.500. The molecule has 0 aliphatic carbocycles. The molecule has 78 valence electrons. The first-order valence-electron chi connectivity index (χ1n) is 4.59. The molecule has 0 radical (unpaired) electrons. The second-order valence-electron chi connectivity index (χ2n) is 3.99. The fourth-order valence-electron chi connectivity index (χ4n) is 1.06. The van der Waals surface area contributed by atoms with Gasteiger partial charge in [0.15, 0.2) is 0 Å². The van der Waals surface area contributed by atoms with Crippen LogP contribution in [0, 0.1) is 5.41 Å². The summed E-state index contributed by atoms with van der Waals surface area (Å²) in [5.74, 6) is -0.781. The molecule has 4 nitrogen and oxygen atoms in total. The highest BCUT2D eigenvalue weighted by atomic mass is 16.4. The summed E-state index contributed by atoms with van der Waals surface area (Å²) in [6.07, 6.45) is 1.85. The minimum atomic E-state index is -0.781. The Hall–Kier alpha value is -1.29. The number of aromatic nitrogens is 1. The molecule has 0 atom stereocenters. The lowest BCUT2D eigenvalue weighted by atomic mass is 9.94. The number of nitrogens with one attached hydrogen (secondary N) is 2. The average molecular weight is 196 g/mol. The third-order valence-electron chi connectivity index (χ3n) is 2.12. The van der Waals surface area contributed by atoms with Crippen LogP contribution in [0.4, 0.5) is 0 Å². The molecule has 0 unspecified atom stereocenters. The largest absolute Gasteiger partial charge is 0.481 e. The third kappa shape index (κ3) is 2.88. The Morgan fingerprint density at radius 1 is 1.64 bits per heavy atom. The highest BCUT2D eigenvalue weighted by Gasteiger charge is 2.26. The number of rotatable bonds is 5. The molecule has 0 aliphatic heterocycles. The summed E-state index contributed by atoms with van der Waals surface area (Å²) in [6, 6.07) is 3.88. The molecule has 3 N–H and O–H groups in total. The maximum atomic E-state index is 10.8. The fourth-order valence-corrected chi connectivity index (χ4v) is 1.06. The predicted octanol–water partition coefficient (Wildman–Crippen LogP) is 1.22. The summed E-state index contributed by atoms with van der Waals surface area (Å²) >= 11 is 0. The number of carbonyl (C=O) groups is 1. The first-order valence-corrected chi connectivity index (χ1v) is 4.59. The van der Waals surface area contributed by atoms with Crippen LogP contribution < -0.4 is 5.32 Å². The zero-order chi connectivity index (χ0) is 10.6. The van der Waals surface area contributed by atoms with Gasteiger partial charge in [-0.05, 0) is 26.0 Å². The van der Waals surface area contributed by atoms with E-state index >= 15 is 0 Å². The van der Waals surface area contributed by atoms with Crippen molar-refractivity contribution in [1.82, 2.24) is 10.3 Å². The van der Waals surface area contributed by atoms with E-state index in [1.807, 2.05) is 18.3 Å². The second kappa shape index (κ2) is 4.28. The zero-order valence-electron chi connectivity index (χ0n) is 8.50. The van der Waals surface area contributed by atoms with E-state index in [0.717, 1.165) is 5.69 Å². The van der Waals surface area contributed by atoms with E-state index in [4.69, 9.17) is 5.11 Å². The summed E-state index contributed by atoms with van der Waals surface area (Å²) in [6.45, 7) is 4.54. The van der Waals surface area contributed by atoms with Crippen molar-refractivity contribution < 1.29 is 9.90 Å². The zero-order valence-corrected chi connectivity index (χ0v) is 8.50. The van der Waals surface area contributed by atoms with Crippen LogP contribution in [0.15, 0.2) is 18.3 Å². The monoisotopic (exact) mass is 196 g/mol. The number of aliphatic carboxylic acids is 1. The Labute approximate surface area is 83.3 Å². The molecule has 0 amide bonds. The number of H-pyrrole nitrogens is 1. The number of carboxylic acid groups (broad SMARTS) is 1. The van der Waals surface area contributed by atoms with Crippen LogP contribution in [0.2, 0.25) is 0 Å². The molecule has 0 spiro atoms. The van der Waals surface area contributed by atoms with Crippen molar-refractivity contribution in [3.05, 3.63) is 24.0 Å². The summed E-state index contributed by atoms with van der Waals surface area (Å²) in [5, 5.41) is 11.9. The van der Waals surface area contributed by atoms with Gasteiger partial charge >= 0.3 is 5.97 Å². The summed E-state index contributed by atoms with van der Waals surface area (Å²) in [7, 11) is 0. The van der Waals surface area contributed by atoms with Crippen LogP contribution >= 0.6 is 0 Å². The number of hydrogen-bond acceptors (Lipinski definition) is 2. The summed E-state index contributed by atoms with van der Waals surface area (Å²) in [4.78, 5) is 13.8. The van der Waals surface area contributed by atoms with Crippen molar-refractivity contribution in [1.29, 1.82) is 0 Å². The van der Waals surface area contributed by atoms with Crippen molar-refractivity contribution >= 4 is 5.97 Å². The van der Waals surface area contributed by atoms with Gasteiger partial charge in [-0.15, -0.1) is 0 Å². The average Bonchev–Trinajstić information content (AvgIpc) is 2.56. The van der Waals surface area contributed by atoms with E-state index in [1.165, 1.54) is 0 Å². The van der Waals surface area contributed by atoms with Gasteiger partial charge in [-0.25, -0.2) is 0 Å². The van der Waals surface area contributed by atoms with Crippen LogP contribution in [-0.2, 0) is 11.3 Å². The Kier molecular flexibility index (Phi) is 3.30. The summed E-state index contributed by atoms with van der Waals surface area (Å²) < 4.78 is 0. The molecule has 1 aromatic heterocycles. The lowest BCUT2D eigenvalue weighted by molar-refractivity contribution is -0.146. The third-order valence-corrected chi connectivity index (χ3v) is 2.12. The van der Waals surface area contributed by atoms with Crippen molar-refractivity contribution in [3.8, 4) is 0 Å². The topological polar surface area (TPSA) is 65.1 Å². The van der Waals surface area contributed by atoms with Crippen LogP contribution in [0.5, 0.6) is 0 Å². The van der Waals surface area contributed by atoms with Crippen LogP contribution in [0.1, 0.15) is 19.5 Å². The maximum absolute atomic E-state index is 10.8. The quantitative estimate of drug-likeness (QED) is 0.663. The molecular weight excluding hydrogens is 180 g/mol. The highest BCUT2D eigenvalue weighted by molar-refractivity contribution is 5.73. The standard InChI is InChI=1S/C10H16N2O2/c1-10(2,9(13)14)7-11-6-8-4-3-5-12-8/h3-5,11-12H,6-7H2,1-2H3,(H,13,14). The number of hydrogen-bond donors (Lipinski definition) is 3. The van der Waals surface area contributed by atoms with Gasteiger partial charge in [-0.3, -0.25) is 4.79 Å². The molecule has 14 heavy (non-hydrogen) atoms. The van der Waals surface area contributed by atoms with Crippen LogP contribution in [0.25, 0.3) is 0 Å². The van der Waals surface area contributed by atoms with E-state index < -0.39 is 11.4 Å². The number of aromatic amines is 1. The SMILES string of the molecule is CC(C)(CNCc1ccc[nH]1)C(=O)O. The van der Waals surface area contributed by atoms with E-state index in [-0.39, 0.29) is 0 Å². The van der Waals surface area contributed by atoms with E-state index in [2.05, 4.69) is 10.3 Å². The van der Waals surface area contributed by atoms with E-state index in [0.29, 0.717) is 13.1 Å². The molecule has 0 aliphatic rings. The molecule has 1 rings (SSSR count). The van der Waals surface area contributed by atoms with Gasteiger partial charge in [-0.2, -0.15) is 0 Å². The smallest absolute Gasteiger partial charge is 0.310 e.